The van der Waals surface area contributed by atoms with Crippen LogP contribution in [0.15, 0.2) is 12.3 Å². The molecular weight excluding hydrogens is 270 g/mol. The van der Waals surface area contributed by atoms with Gasteiger partial charge in [-0.3, -0.25) is 0 Å². The van der Waals surface area contributed by atoms with Gasteiger partial charge in [0.25, 0.3) is 0 Å². The minimum atomic E-state index is 0.0708. The largest absolute Gasteiger partial charge is 0.355 e. The predicted octanol–water partition coefficient (Wildman–Crippen LogP) is 4.25. The number of anilines is 1. The van der Waals surface area contributed by atoms with Crippen LogP contribution in [0.1, 0.15) is 53.5 Å². The van der Waals surface area contributed by atoms with Gasteiger partial charge in [-0.15, -0.1) is 0 Å². The zero-order chi connectivity index (χ0) is 15.6. The molecule has 1 aromatic rings. The van der Waals surface area contributed by atoms with Crippen LogP contribution in [-0.4, -0.2) is 23.1 Å². The highest BCUT2D eigenvalue weighted by molar-refractivity contribution is 6.31. The fourth-order valence-electron chi connectivity index (χ4n) is 1.69. The molecule has 0 aliphatic carbocycles. The SMILES string of the molecule is CCC(C)(C)N(C)c1cc(CNC(C)(C)C)c(Cl)cn1. The molecule has 0 atom stereocenters. The third kappa shape index (κ3) is 4.64. The number of halogens is 1. The Hall–Kier alpha value is -0.800. The van der Waals surface area contributed by atoms with Crippen LogP contribution in [0.2, 0.25) is 5.02 Å². The average Bonchev–Trinajstić information content (AvgIpc) is 2.36. The highest BCUT2D eigenvalue weighted by Crippen LogP contribution is 2.26. The molecule has 0 spiro atoms. The summed E-state index contributed by atoms with van der Waals surface area (Å²) in [4.78, 5) is 6.68. The van der Waals surface area contributed by atoms with Crippen LogP contribution in [0.25, 0.3) is 0 Å². The van der Waals surface area contributed by atoms with Gasteiger partial charge in [0, 0.05) is 30.9 Å². The summed E-state index contributed by atoms with van der Waals surface area (Å²) in [5.74, 6) is 0.965. The third-order valence-electron chi connectivity index (χ3n) is 3.85. The topological polar surface area (TPSA) is 28.2 Å². The summed E-state index contributed by atoms with van der Waals surface area (Å²) < 4.78 is 0. The van der Waals surface area contributed by atoms with Crippen LogP contribution in [0, 0.1) is 0 Å². The fraction of sp³-hybridized carbons (Fsp3) is 0.688. The van der Waals surface area contributed by atoms with Gasteiger partial charge in [0.1, 0.15) is 5.82 Å². The maximum absolute atomic E-state index is 6.26. The molecule has 1 rings (SSSR count). The van der Waals surface area contributed by atoms with E-state index in [-0.39, 0.29) is 11.1 Å². The Morgan fingerprint density at radius 3 is 2.35 bits per heavy atom. The van der Waals surface area contributed by atoms with Crippen LogP contribution < -0.4 is 10.2 Å². The van der Waals surface area contributed by atoms with E-state index in [1.54, 1.807) is 6.20 Å². The van der Waals surface area contributed by atoms with Gasteiger partial charge in [0.15, 0.2) is 0 Å². The van der Waals surface area contributed by atoms with Gasteiger partial charge < -0.3 is 10.2 Å². The van der Waals surface area contributed by atoms with Gasteiger partial charge in [0.2, 0.25) is 0 Å². The number of hydrogen-bond acceptors (Lipinski definition) is 3. The van der Waals surface area contributed by atoms with E-state index >= 15 is 0 Å². The van der Waals surface area contributed by atoms with Gasteiger partial charge >= 0.3 is 0 Å². The average molecular weight is 298 g/mol. The second-order valence-electron chi connectivity index (χ2n) is 6.96. The molecule has 114 valence electrons. The minimum absolute atomic E-state index is 0.0708. The molecule has 0 aliphatic heterocycles. The van der Waals surface area contributed by atoms with E-state index in [0.717, 1.165) is 24.3 Å². The Labute approximate surface area is 128 Å². The number of aromatic nitrogens is 1. The summed E-state index contributed by atoms with van der Waals surface area (Å²) in [7, 11) is 2.08. The summed E-state index contributed by atoms with van der Waals surface area (Å²) in [6, 6.07) is 2.08. The predicted molar refractivity (Wildman–Crippen MR) is 88.6 cm³/mol. The molecule has 0 aromatic carbocycles. The Balaban J connectivity index is 2.97. The first kappa shape index (κ1) is 17.3. The monoisotopic (exact) mass is 297 g/mol. The standard InChI is InChI=1S/C16H28ClN3/c1-8-16(5,6)20(7)14-9-12(13(17)11-18-14)10-19-15(2,3)4/h9,11,19H,8,10H2,1-7H3. The molecule has 1 N–H and O–H groups in total. The first-order chi connectivity index (χ1) is 9.07. The van der Waals surface area contributed by atoms with E-state index in [9.17, 15) is 0 Å². The second-order valence-corrected chi connectivity index (χ2v) is 7.37. The zero-order valence-electron chi connectivity index (χ0n) is 13.8. The van der Waals surface area contributed by atoms with Gasteiger partial charge in [-0.05, 0) is 52.7 Å². The van der Waals surface area contributed by atoms with Gasteiger partial charge in [-0.1, -0.05) is 18.5 Å². The number of rotatable bonds is 5. The van der Waals surface area contributed by atoms with Gasteiger partial charge in [0.05, 0.1) is 5.02 Å². The normalized spacial score (nSPS) is 12.6. The molecule has 4 heteroatoms. The molecule has 0 amide bonds. The van der Waals surface area contributed by atoms with E-state index in [0.29, 0.717) is 5.02 Å². The Morgan fingerprint density at radius 1 is 1.25 bits per heavy atom. The van der Waals surface area contributed by atoms with E-state index in [1.807, 2.05) is 0 Å². The smallest absolute Gasteiger partial charge is 0.129 e. The highest BCUT2D eigenvalue weighted by Gasteiger charge is 2.23. The van der Waals surface area contributed by atoms with Crippen molar-refractivity contribution in [3.8, 4) is 0 Å². The van der Waals surface area contributed by atoms with Crippen LogP contribution in [0.3, 0.4) is 0 Å². The summed E-state index contributed by atoms with van der Waals surface area (Å²) in [5.41, 5.74) is 1.24. The Morgan fingerprint density at radius 2 is 1.85 bits per heavy atom. The lowest BCUT2D eigenvalue weighted by molar-refractivity contribution is 0.424. The van der Waals surface area contributed by atoms with Crippen molar-refractivity contribution < 1.29 is 0 Å². The summed E-state index contributed by atoms with van der Waals surface area (Å²) in [5, 5.41) is 4.18. The zero-order valence-corrected chi connectivity index (χ0v) is 14.6. The van der Waals surface area contributed by atoms with Crippen molar-refractivity contribution in [1.82, 2.24) is 10.3 Å². The summed E-state index contributed by atoms with van der Waals surface area (Å²) in [6.45, 7) is 13.8. The molecule has 20 heavy (non-hydrogen) atoms. The third-order valence-corrected chi connectivity index (χ3v) is 4.19. The lowest BCUT2D eigenvalue weighted by Gasteiger charge is -2.36. The number of hydrogen-bond donors (Lipinski definition) is 1. The van der Waals surface area contributed by atoms with Crippen molar-refractivity contribution >= 4 is 17.4 Å². The second kappa shape index (κ2) is 6.31. The maximum Gasteiger partial charge on any atom is 0.129 e. The summed E-state index contributed by atoms with van der Waals surface area (Å²) in [6.07, 6.45) is 2.81. The molecule has 0 aliphatic rings. The van der Waals surface area contributed by atoms with E-state index in [2.05, 4.69) is 69.9 Å². The van der Waals surface area contributed by atoms with Crippen molar-refractivity contribution in [2.24, 2.45) is 0 Å². The molecule has 0 saturated carbocycles. The van der Waals surface area contributed by atoms with Gasteiger partial charge in [-0.25, -0.2) is 4.98 Å². The molecule has 1 aromatic heterocycles. The lowest BCUT2D eigenvalue weighted by atomic mass is 10.00. The highest BCUT2D eigenvalue weighted by atomic mass is 35.5. The van der Waals surface area contributed by atoms with Crippen LogP contribution in [0.4, 0.5) is 5.82 Å². The van der Waals surface area contributed by atoms with Crippen LogP contribution in [0.5, 0.6) is 0 Å². The van der Waals surface area contributed by atoms with E-state index < -0.39 is 0 Å². The van der Waals surface area contributed by atoms with Crippen molar-refractivity contribution in [3.05, 3.63) is 22.8 Å². The van der Waals surface area contributed by atoms with Crippen molar-refractivity contribution in [2.45, 2.75) is 65.6 Å². The summed E-state index contributed by atoms with van der Waals surface area (Å²) >= 11 is 6.26. The van der Waals surface area contributed by atoms with Crippen molar-refractivity contribution in [2.75, 3.05) is 11.9 Å². The lowest BCUT2D eigenvalue weighted by Crippen LogP contribution is -2.41. The van der Waals surface area contributed by atoms with Crippen LogP contribution >= 0.6 is 11.6 Å². The van der Waals surface area contributed by atoms with E-state index in [4.69, 9.17) is 11.6 Å². The van der Waals surface area contributed by atoms with Gasteiger partial charge in [-0.2, -0.15) is 0 Å². The quantitative estimate of drug-likeness (QED) is 0.881. The molecule has 0 radical (unpaired) electrons. The number of nitrogens with one attached hydrogen (secondary N) is 1. The van der Waals surface area contributed by atoms with E-state index in [1.165, 1.54) is 0 Å². The molecule has 0 fully saturated rings. The Bertz CT molecular complexity index is 450. The molecular formula is C16H28ClN3. The van der Waals surface area contributed by atoms with Crippen molar-refractivity contribution in [1.29, 1.82) is 0 Å². The Kier molecular flexibility index (Phi) is 5.45. The maximum atomic E-state index is 6.26. The number of nitrogens with zero attached hydrogens (tertiary/aromatic N) is 2. The first-order valence-corrected chi connectivity index (χ1v) is 7.58. The van der Waals surface area contributed by atoms with Crippen LogP contribution in [-0.2, 0) is 6.54 Å². The molecule has 0 saturated heterocycles. The fourth-order valence-corrected chi connectivity index (χ4v) is 1.86. The molecule has 3 nitrogen and oxygen atoms in total. The molecule has 0 unspecified atom stereocenters. The molecule has 1 heterocycles. The van der Waals surface area contributed by atoms with Crippen molar-refractivity contribution in [3.63, 3.8) is 0 Å². The first-order valence-electron chi connectivity index (χ1n) is 7.20. The number of pyridine rings is 1. The molecule has 0 bridgehead atoms. The minimum Gasteiger partial charge on any atom is -0.355 e.